The van der Waals surface area contributed by atoms with E-state index in [0.717, 1.165) is 23.4 Å². The average molecular weight is 285 g/mol. The van der Waals surface area contributed by atoms with Crippen molar-refractivity contribution < 1.29 is 4.79 Å². The first kappa shape index (κ1) is 14.7. The van der Waals surface area contributed by atoms with Crippen LogP contribution in [-0.2, 0) is 4.79 Å². The lowest BCUT2D eigenvalue weighted by Gasteiger charge is -2.10. The second kappa shape index (κ2) is 7.75. The molecule has 2 aromatic carbocycles. The van der Waals surface area contributed by atoms with Gasteiger partial charge in [0.05, 0.1) is 5.69 Å². The maximum absolute atomic E-state index is 11.9. The lowest BCUT2D eigenvalue weighted by atomic mass is 10.2. The number of unbranched alkanes of at least 4 members (excludes halogenated alkanes) is 1. The van der Waals surface area contributed by atoms with Gasteiger partial charge in [-0.2, -0.15) is 0 Å². The maximum Gasteiger partial charge on any atom is 0.224 e. The molecule has 0 aliphatic rings. The molecule has 2 aromatic rings. The van der Waals surface area contributed by atoms with E-state index in [0.29, 0.717) is 6.42 Å². The molecule has 0 heterocycles. The van der Waals surface area contributed by atoms with Gasteiger partial charge in [-0.25, -0.2) is 0 Å². The standard InChI is InChI=1S/C17H19NOS/c1-2-3-13-17(19)18-15-11-7-8-12-16(15)20-14-9-5-4-6-10-14/h4-12H,2-3,13H2,1H3,(H,18,19). The minimum absolute atomic E-state index is 0.0907. The van der Waals surface area contributed by atoms with Gasteiger partial charge in [-0.15, -0.1) is 0 Å². The Morgan fingerprint density at radius 3 is 2.50 bits per heavy atom. The van der Waals surface area contributed by atoms with Crippen LogP contribution in [0.2, 0.25) is 0 Å². The molecule has 0 fully saturated rings. The van der Waals surface area contributed by atoms with E-state index < -0.39 is 0 Å². The summed E-state index contributed by atoms with van der Waals surface area (Å²) in [6, 6.07) is 18.1. The van der Waals surface area contributed by atoms with E-state index in [4.69, 9.17) is 0 Å². The van der Waals surface area contributed by atoms with Crippen LogP contribution in [0.25, 0.3) is 0 Å². The zero-order chi connectivity index (χ0) is 14.2. The van der Waals surface area contributed by atoms with Crippen molar-refractivity contribution in [3.8, 4) is 0 Å². The molecular formula is C17H19NOS. The summed E-state index contributed by atoms with van der Waals surface area (Å²) >= 11 is 1.67. The Bertz CT molecular complexity index is 554. The van der Waals surface area contributed by atoms with E-state index in [1.807, 2.05) is 42.5 Å². The summed E-state index contributed by atoms with van der Waals surface area (Å²) in [5.74, 6) is 0.0907. The summed E-state index contributed by atoms with van der Waals surface area (Å²) in [5.41, 5.74) is 0.891. The van der Waals surface area contributed by atoms with Crippen LogP contribution in [-0.4, -0.2) is 5.91 Å². The van der Waals surface area contributed by atoms with Crippen molar-refractivity contribution in [1.29, 1.82) is 0 Å². The molecule has 0 unspecified atom stereocenters. The minimum atomic E-state index is 0.0907. The number of hydrogen-bond donors (Lipinski definition) is 1. The molecular weight excluding hydrogens is 266 g/mol. The van der Waals surface area contributed by atoms with Gasteiger partial charge in [0.1, 0.15) is 0 Å². The van der Waals surface area contributed by atoms with Gasteiger partial charge in [0.2, 0.25) is 5.91 Å². The van der Waals surface area contributed by atoms with E-state index in [1.54, 1.807) is 11.8 Å². The largest absolute Gasteiger partial charge is 0.325 e. The molecule has 0 saturated carbocycles. The minimum Gasteiger partial charge on any atom is -0.325 e. The Labute approximate surface area is 124 Å². The molecule has 20 heavy (non-hydrogen) atoms. The van der Waals surface area contributed by atoms with Crippen molar-refractivity contribution in [2.24, 2.45) is 0 Å². The molecule has 0 spiro atoms. The van der Waals surface area contributed by atoms with Crippen LogP contribution in [0.4, 0.5) is 5.69 Å². The Balaban J connectivity index is 2.08. The number of rotatable bonds is 6. The van der Waals surface area contributed by atoms with Crippen molar-refractivity contribution in [3.63, 3.8) is 0 Å². The van der Waals surface area contributed by atoms with Gasteiger partial charge < -0.3 is 5.32 Å². The van der Waals surface area contributed by atoms with E-state index in [1.165, 1.54) is 4.90 Å². The van der Waals surface area contributed by atoms with Gasteiger partial charge in [-0.3, -0.25) is 4.79 Å². The van der Waals surface area contributed by atoms with Crippen LogP contribution >= 0.6 is 11.8 Å². The molecule has 0 bridgehead atoms. The molecule has 1 amide bonds. The number of benzene rings is 2. The van der Waals surface area contributed by atoms with E-state index in [9.17, 15) is 4.79 Å². The van der Waals surface area contributed by atoms with Gasteiger partial charge in [-0.05, 0) is 30.7 Å². The molecule has 0 aromatic heterocycles. The molecule has 0 radical (unpaired) electrons. The second-order valence-corrected chi connectivity index (χ2v) is 5.68. The summed E-state index contributed by atoms with van der Waals surface area (Å²) in [6.07, 6.45) is 2.55. The van der Waals surface area contributed by atoms with Crippen molar-refractivity contribution in [2.75, 3.05) is 5.32 Å². The third-order valence-electron chi connectivity index (χ3n) is 2.89. The fraction of sp³-hybridized carbons (Fsp3) is 0.235. The molecule has 0 aliphatic carbocycles. The zero-order valence-electron chi connectivity index (χ0n) is 11.6. The molecule has 3 heteroatoms. The lowest BCUT2D eigenvalue weighted by Crippen LogP contribution is -2.11. The van der Waals surface area contributed by atoms with Gasteiger partial charge in [0.25, 0.3) is 0 Å². The van der Waals surface area contributed by atoms with Crippen molar-refractivity contribution in [1.82, 2.24) is 0 Å². The van der Waals surface area contributed by atoms with Crippen LogP contribution in [0.1, 0.15) is 26.2 Å². The second-order valence-electron chi connectivity index (χ2n) is 4.56. The third-order valence-corrected chi connectivity index (χ3v) is 3.97. The number of para-hydroxylation sites is 1. The molecule has 1 N–H and O–H groups in total. The number of amides is 1. The van der Waals surface area contributed by atoms with Crippen molar-refractivity contribution in [2.45, 2.75) is 36.0 Å². The molecule has 0 atom stereocenters. The highest BCUT2D eigenvalue weighted by Crippen LogP contribution is 2.33. The highest BCUT2D eigenvalue weighted by molar-refractivity contribution is 7.99. The van der Waals surface area contributed by atoms with Crippen LogP contribution < -0.4 is 5.32 Å². The molecule has 104 valence electrons. The Hall–Kier alpha value is -1.74. The summed E-state index contributed by atoms with van der Waals surface area (Å²) in [6.45, 7) is 2.09. The molecule has 0 saturated heterocycles. The third kappa shape index (κ3) is 4.42. The SMILES string of the molecule is CCCCC(=O)Nc1ccccc1Sc1ccccc1. The maximum atomic E-state index is 11.9. The number of anilines is 1. The first-order valence-electron chi connectivity index (χ1n) is 6.91. The first-order valence-corrected chi connectivity index (χ1v) is 7.73. The first-order chi connectivity index (χ1) is 9.79. The van der Waals surface area contributed by atoms with Crippen LogP contribution in [0.15, 0.2) is 64.4 Å². The zero-order valence-corrected chi connectivity index (χ0v) is 12.5. The number of carbonyl (C=O) groups is 1. The topological polar surface area (TPSA) is 29.1 Å². The molecule has 0 aliphatic heterocycles. The Morgan fingerprint density at radius 1 is 1.05 bits per heavy atom. The van der Waals surface area contributed by atoms with Crippen LogP contribution in [0.5, 0.6) is 0 Å². The van der Waals surface area contributed by atoms with Crippen molar-refractivity contribution >= 4 is 23.4 Å². The van der Waals surface area contributed by atoms with Gasteiger partial charge in [0, 0.05) is 16.2 Å². The molecule has 2 rings (SSSR count). The smallest absolute Gasteiger partial charge is 0.224 e. The highest BCUT2D eigenvalue weighted by atomic mass is 32.2. The Morgan fingerprint density at radius 2 is 1.75 bits per heavy atom. The quantitative estimate of drug-likeness (QED) is 0.812. The van der Waals surface area contributed by atoms with Gasteiger partial charge >= 0.3 is 0 Å². The fourth-order valence-electron chi connectivity index (χ4n) is 1.82. The van der Waals surface area contributed by atoms with E-state index in [-0.39, 0.29) is 5.91 Å². The van der Waals surface area contributed by atoms with Gasteiger partial charge in [0.15, 0.2) is 0 Å². The van der Waals surface area contributed by atoms with E-state index in [2.05, 4.69) is 24.4 Å². The summed E-state index contributed by atoms with van der Waals surface area (Å²) in [7, 11) is 0. The van der Waals surface area contributed by atoms with Crippen LogP contribution in [0, 0.1) is 0 Å². The lowest BCUT2D eigenvalue weighted by molar-refractivity contribution is -0.116. The fourth-order valence-corrected chi connectivity index (χ4v) is 2.75. The highest BCUT2D eigenvalue weighted by Gasteiger charge is 2.07. The normalized spacial score (nSPS) is 10.2. The predicted octanol–water partition coefficient (Wildman–Crippen LogP) is 4.97. The monoisotopic (exact) mass is 285 g/mol. The predicted molar refractivity (Wildman–Crippen MR) is 85.2 cm³/mol. The number of carbonyl (C=O) groups excluding carboxylic acids is 1. The van der Waals surface area contributed by atoms with Gasteiger partial charge in [-0.1, -0.05) is 55.4 Å². The van der Waals surface area contributed by atoms with E-state index >= 15 is 0 Å². The average Bonchev–Trinajstić information content (AvgIpc) is 2.48. The number of hydrogen-bond acceptors (Lipinski definition) is 2. The Kier molecular flexibility index (Phi) is 5.69. The summed E-state index contributed by atoms with van der Waals surface area (Å²) in [5, 5.41) is 3.01. The van der Waals surface area contributed by atoms with Crippen molar-refractivity contribution in [3.05, 3.63) is 54.6 Å². The van der Waals surface area contributed by atoms with Crippen LogP contribution in [0.3, 0.4) is 0 Å². The molecule has 2 nitrogen and oxygen atoms in total. The summed E-state index contributed by atoms with van der Waals surface area (Å²) in [4.78, 5) is 14.1. The number of nitrogens with one attached hydrogen (secondary N) is 1. The summed E-state index contributed by atoms with van der Waals surface area (Å²) < 4.78 is 0.